The van der Waals surface area contributed by atoms with Crippen LogP contribution >= 0.6 is 11.3 Å². The number of benzene rings is 3. The third-order valence-electron chi connectivity index (χ3n) is 4.36. The van der Waals surface area contributed by atoms with E-state index in [0.29, 0.717) is 15.9 Å². The van der Waals surface area contributed by atoms with E-state index in [-0.39, 0.29) is 11.8 Å². The topological polar surface area (TPSA) is 54.5 Å². The van der Waals surface area contributed by atoms with Crippen LogP contribution in [0.1, 0.15) is 0 Å². The van der Waals surface area contributed by atoms with E-state index in [0.717, 1.165) is 28.2 Å². The second kappa shape index (κ2) is 8.75. The number of rotatable bonds is 5. The van der Waals surface area contributed by atoms with E-state index in [1.54, 1.807) is 19.2 Å². The third-order valence-corrected chi connectivity index (χ3v) is 5.15. The van der Waals surface area contributed by atoms with Crippen molar-refractivity contribution in [1.29, 1.82) is 0 Å². The van der Waals surface area contributed by atoms with Gasteiger partial charge in [-0.25, -0.2) is 14.2 Å². The fourth-order valence-electron chi connectivity index (χ4n) is 2.83. The van der Waals surface area contributed by atoms with Crippen LogP contribution in [0.15, 0.2) is 85.1 Å². The average Bonchev–Trinajstić information content (AvgIpc) is 3.20. The molecule has 1 N–H and O–H groups in total. The van der Waals surface area contributed by atoms with Crippen molar-refractivity contribution in [3.63, 3.8) is 0 Å². The van der Waals surface area contributed by atoms with Gasteiger partial charge in [0.1, 0.15) is 11.6 Å². The summed E-state index contributed by atoms with van der Waals surface area (Å²) in [7, 11) is 1.69. The highest BCUT2D eigenvalue weighted by molar-refractivity contribution is 7.17. The molecule has 150 valence electrons. The molecule has 1 heterocycles. The lowest BCUT2D eigenvalue weighted by atomic mass is 10.1. The first-order valence-corrected chi connectivity index (χ1v) is 9.99. The van der Waals surface area contributed by atoms with Crippen molar-refractivity contribution in [2.24, 2.45) is 0 Å². The zero-order chi connectivity index (χ0) is 20.9. The Morgan fingerprint density at radius 2 is 1.77 bits per heavy atom. The van der Waals surface area contributed by atoms with Gasteiger partial charge in [-0.2, -0.15) is 0 Å². The number of carbonyl (C=O) groups excluding carboxylic acids is 1. The van der Waals surface area contributed by atoms with Gasteiger partial charge in [0.15, 0.2) is 5.13 Å². The predicted octanol–water partition coefficient (Wildman–Crippen LogP) is 6.41. The number of thiazole rings is 1. The second-order valence-electron chi connectivity index (χ2n) is 6.45. The van der Waals surface area contributed by atoms with Crippen LogP contribution in [0, 0.1) is 5.82 Å². The SMILES string of the molecule is CN(C(=O)Nc1ncc(Oc2cccc(F)c2)s1)c1cccc(-c2ccccc2)c1. The summed E-state index contributed by atoms with van der Waals surface area (Å²) in [6.45, 7) is 0. The Kier molecular flexibility index (Phi) is 5.72. The van der Waals surface area contributed by atoms with Crippen molar-refractivity contribution in [3.8, 4) is 21.9 Å². The molecule has 0 aliphatic heterocycles. The number of halogens is 1. The summed E-state index contributed by atoms with van der Waals surface area (Å²) < 4.78 is 18.9. The minimum atomic E-state index is -0.384. The summed E-state index contributed by atoms with van der Waals surface area (Å²) in [6.07, 6.45) is 1.49. The number of ether oxygens (including phenoxy) is 1. The summed E-state index contributed by atoms with van der Waals surface area (Å²) >= 11 is 1.16. The molecule has 2 amide bonds. The maximum atomic E-state index is 13.3. The van der Waals surface area contributed by atoms with Crippen LogP contribution in [-0.4, -0.2) is 18.1 Å². The van der Waals surface area contributed by atoms with Gasteiger partial charge in [0.25, 0.3) is 0 Å². The summed E-state index contributed by atoms with van der Waals surface area (Å²) in [6, 6.07) is 23.2. The van der Waals surface area contributed by atoms with Gasteiger partial charge in [0, 0.05) is 18.8 Å². The van der Waals surface area contributed by atoms with Crippen molar-refractivity contribution < 1.29 is 13.9 Å². The van der Waals surface area contributed by atoms with E-state index in [4.69, 9.17) is 4.74 Å². The lowest BCUT2D eigenvalue weighted by molar-refractivity contribution is 0.258. The highest BCUT2D eigenvalue weighted by Gasteiger charge is 2.14. The van der Waals surface area contributed by atoms with Crippen LogP contribution in [0.4, 0.5) is 20.0 Å². The van der Waals surface area contributed by atoms with Crippen LogP contribution in [0.25, 0.3) is 11.1 Å². The molecule has 4 aromatic rings. The molecule has 0 bridgehead atoms. The molecule has 4 rings (SSSR count). The Morgan fingerprint density at radius 1 is 1.00 bits per heavy atom. The third kappa shape index (κ3) is 4.64. The van der Waals surface area contributed by atoms with E-state index in [2.05, 4.69) is 10.3 Å². The lowest BCUT2D eigenvalue weighted by Gasteiger charge is -2.18. The van der Waals surface area contributed by atoms with Gasteiger partial charge in [0.05, 0.1) is 6.20 Å². The number of nitrogens with one attached hydrogen (secondary N) is 1. The number of urea groups is 1. The van der Waals surface area contributed by atoms with Gasteiger partial charge < -0.3 is 4.74 Å². The van der Waals surface area contributed by atoms with Gasteiger partial charge in [-0.15, -0.1) is 0 Å². The van der Waals surface area contributed by atoms with E-state index in [1.807, 2.05) is 54.6 Å². The molecule has 30 heavy (non-hydrogen) atoms. The molecular formula is C23H18FN3O2S. The molecule has 7 heteroatoms. The summed E-state index contributed by atoms with van der Waals surface area (Å²) in [5.74, 6) is -0.0173. The maximum absolute atomic E-state index is 13.3. The number of nitrogens with zero attached hydrogens (tertiary/aromatic N) is 2. The smallest absolute Gasteiger partial charge is 0.327 e. The molecule has 0 saturated heterocycles. The Hall–Kier alpha value is -3.71. The number of carbonyl (C=O) groups is 1. The van der Waals surface area contributed by atoms with Crippen LogP contribution in [-0.2, 0) is 0 Å². The molecule has 0 aliphatic carbocycles. The minimum absolute atomic E-state index is 0.327. The molecule has 1 aromatic heterocycles. The van der Waals surface area contributed by atoms with E-state index in [1.165, 1.54) is 23.2 Å². The van der Waals surface area contributed by atoms with Crippen LogP contribution in [0.2, 0.25) is 0 Å². The Balaban J connectivity index is 1.44. The average molecular weight is 419 g/mol. The molecule has 3 aromatic carbocycles. The molecule has 0 fully saturated rings. The molecule has 0 spiro atoms. The number of hydrogen-bond acceptors (Lipinski definition) is 4. The monoisotopic (exact) mass is 419 g/mol. The lowest BCUT2D eigenvalue weighted by Crippen LogP contribution is -2.31. The minimum Gasteiger partial charge on any atom is -0.445 e. The maximum Gasteiger partial charge on any atom is 0.327 e. The van der Waals surface area contributed by atoms with E-state index >= 15 is 0 Å². The number of hydrogen-bond donors (Lipinski definition) is 1. The van der Waals surface area contributed by atoms with E-state index < -0.39 is 0 Å². The summed E-state index contributed by atoms with van der Waals surface area (Å²) in [5, 5.41) is 3.59. The Bertz CT molecular complexity index is 1160. The molecule has 5 nitrogen and oxygen atoms in total. The Labute approximate surface area is 177 Å². The Morgan fingerprint density at radius 3 is 2.57 bits per heavy atom. The van der Waals surface area contributed by atoms with Crippen LogP contribution in [0.5, 0.6) is 10.8 Å². The van der Waals surface area contributed by atoms with Crippen LogP contribution < -0.4 is 15.0 Å². The highest BCUT2D eigenvalue weighted by atomic mass is 32.1. The summed E-state index contributed by atoms with van der Waals surface area (Å²) in [4.78, 5) is 18.3. The normalized spacial score (nSPS) is 10.5. The van der Waals surface area contributed by atoms with Gasteiger partial charge >= 0.3 is 6.03 Å². The number of aromatic nitrogens is 1. The predicted molar refractivity (Wildman–Crippen MR) is 118 cm³/mol. The molecule has 0 aliphatic rings. The number of amides is 2. The first-order chi connectivity index (χ1) is 14.6. The van der Waals surface area contributed by atoms with Crippen molar-refractivity contribution in [1.82, 2.24) is 4.98 Å². The van der Waals surface area contributed by atoms with Gasteiger partial charge in [-0.3, -0.25) is 10.2 Å². The standard InChI is InChI=1S/C23H18FN3O2S/c1-27(19-11-5-9-17(13-19)16-7-3-2-4-8-16)23(28)26-22-25-15-21(30-22)29-20-12-6-10-18(24)14-20/h2-15H,1H3,(H,25,26,28). The zero-order valence-electron chi connectivity index (χ0n) is 16.1. The molecule has 0 atom stereocenters. The fraction of sp³-hybridized carbons (Fsp3) is 0.0435. The second-order valence-corrected chi connectivity index (χ2v) is 7.44. The molecule has 0 radical (unpaired) electrons. The van der Waals surface area contributed by atoms with Crippen molar-refractivity contribution >= 4 is 28.2 Å². The van der Waals surface area contributed by atoms with Crippen molar-refractivity contribution in [2.75, 3.05) is 17.3 Å². The van der Waals surface area contributed by atoms with E-state index in [9.17, 15) is 9.18 Å². The fourth-order valence-corrected chi connectivity index (χ4v) is 3.51. The van der Waals surface area contributed by atoms with Gasteiger partial charge in [0.2, 0.25) is 5.06 Å². The molecule has 0 saturated carbocycles. The first-order valence-electron chi connectivity index (χ1n) is 9.18. The van der Waals surface area contributed by atoms with Crippen LogP contribution in [0.3, 0.4) is 0 Å². The molecule has 0 unspecified atom stereocenters. The van der Waals surface area contributed by atoms with Crippen molar-refractivity contribution in [3.05, 3.63) is 90.9 Å². The largest absolute Gasteiger partial charge is 0.445 e. The molecular weight excluding hydrogens is 401 g/mol. The van der Waals surface area contributed by atoms with Gasteiger partial charge in [-0.1, -0.05) is 59.9 Å². The quantitative estimate of drug-likeness (QED) is 0.407. The zero-order valence-corrected chi connectivity index (χ0v) is 16.9. The first kappa shape index (κ1) is 19.6. The van der Waals surface area contributed by atoms with Crippen molar-refractivity contribution in [2.45, 2.75) is 0 Å². The highest BCUT2D eigenvalue weighted by Crippen LogP contribution is 2.31. The number of anilines is 2. The summed E-state index contributed by atoms with van der Waals surface area (Å²) in [5.41, 5.74) is 2.85. The van der Waals surface area contributed by atoms with Gasteiger partial charge in [-0.05, 0) is 35.4 Å².